The van der Waals surface area contributed by atoms with E-state index in [1.165, 1.54) is 0 Å². The Hall–Kier alpha value is -0.620. The summed E-state index contributed by atoms with van der Waals surface area (Å²) in [6, 6.07) is 5.43. The molecule has 0 aliphatic carbocycles. The van der Waals surface area contributed by atoms with Crippen LogP contribution in [0.4, 0.5) is 5.69 Å². The smallest absolute Gasteiger partial charge is 0.238 e. The molecule has 1 aliphatic rings. The van der Waals surface area contributed by atoms with Crippen molar-refractivity contribution in [3.8, 4) is 0 Å². The van der Waals surface area contributed by atoms with Crippen LogP contribution in [0.15, 0.2) is 22.7 Å². The Labute approximate surface area is 125 Å². The lowest BCUT2D eigenvalue weighted by Crippen LogP contribution is -2.38. The van der Waals surface area contributed by atoms with E-state index in [4.69, 9.17) is 11.6 Å². The van der Waals surface area contributed by atoms with Crippen molar-refractivity contribution in [2.75, 3.05) is 25.0 Å². The van der Waals surface area contributed by atoms with Gasteiger partial charge in [0.1, 0.15) is 0 Å². The average Bonchev–Trinajstić information content (AvgIpc) is 2.80. The number of hydrogen-bond acceptors (Lipinski definition) is 3. The third-order valence-corrected chi connectivity index (χ3v) is 4.07. The molecule has 2 rings (SSSR count). The third-order valence-electron chi connectivity index (χ3n) is 3.26. The first kappa shape index (κ1) is 14.8. The van der Waals surface area contributed by atoms with E-state index in [0.717, 1.165) is 23.9 Å². The molecule has 4 nitrogen and oxygen atoms in total. The number of nitrogens with zero attached hydrogens (tertiary/aromatic N) is 1. The highest BCUT2D eigenvalue weighted by Gasteiger charge is 2.25. The molecule has 1 atom stereocenters. The quantitative estimate of drug-likeness (QED) is 0.880. The van der Waals surface area contributed by atoms with Gasteiger partial charge in [0.05, 0.1) is 23.9 Å². The zero-order chi connectivity index (χ0) is 13.8. The lowest BCUT2D eigenvalue weighted by atomic mass is 10.2. The van der Waals surface area contributed by atoms with Crippen LogP contribution in [0.2, 0.25) is 5.02 Å². The standard InChI is InChI=1S/C13H16BrClN2O2/c14-9-3-4-12(11(15)6-9)16-13(19)7-17-5-1-2-10(17)8-18/h3-4,6,10,18H,1-2,5,7-8H2,(H,16,19)/t10-/m1/s1. The number of aliphatic hydroxyl groups excluding tert-OH is 1. The summed E-state index contributed by atoms with van der Waals surface area (Å²) in [6.07, 6.45) is 1.97. The lowest BCUT2D eigenvalue weighted by Gasteiger charge is -2.21. The lowest BCUT2D eigenvalue weighted by molar-refractivity contribution is -0.117. The van der Waals surface area contributed by atoms with Gasteiger partial charge in [0.2, 0.25) is 5.91 Å². The van der Waals surface area contributed by atoms with Gasteiger partial charge in [0.15, 0.2) is 0 Å². The van der Waals surface area contributed by atoms with Crippen LogP contribution in [0.3, 0.4) is 0 Å². The first-order valence-electron chi connectivity index (χ1n) is 6.20. The number of halogens is 2. The minimum absolute atomic E-state index is 0.103. The Bertz CT molecular complexity index is 470. The van der Waals surface area contributed by atoms with Crippen LogP contribution in [0.5, 0.6) is 0 Å². The van der Waals surface area contributed by atoms with E-state index >= 15 is 0 Å². The summed E-state index contributed by atoms with van der Waals surface area (Å²) in [5, 5.41) is 12.5. The molecule has 1 saturated heterocycles. The number of hydrogen-bond donors (Lipinski definition) is 2. The van der Waals surface area contributed by atoms with Crippen molar-refractivity contribution < 1.29 is 9.90 Å². The van der Waals surface area contributed by atoms with Crippen LogP contribution < -0.4 is 5.32 Å². The van der Waals surface area contributed by atoms with Gasteiger partial charge < -0.3 is 10.4 Å². The van der Waals surface area contributed by atoms with Crippen LogP contribution >= 0.6 is 27.5 Å². The second kappa shape index (κ2) is 6.70. The van der Waals surface area contributed by atoms with E-state index in [9.17, 15) is 9.90 Å². The van der Waals surface area contributed by atoms with Gasteiger partial charge in [-0.1, -0.05) is 27.5 Å². The first-order valence-corrected chi connectivity index (χ1v) is 7.37. The molecule has 1 heterocycles. The molecular formula is C13H16BrClN2O2. The third kappa shape index (κ3) is 3.92. The molecule has 1 aromatic carbocycles. The highest BCUT2D eigenvalue weighted by atomic mass is 79.9. The molecule has 2 N–H and O–H groups in total. The maximum atomic E-state index is 12.0. The molecule has 19 heavy (non-hydrogen) atoms. The second-order valence-corrected chi connectivity index (χ2v) is 5.94. The molecule has 0 radical (unpaired) electrons. The van der Waals surface area contributed by atoms with Gasteiger partial charge in [-0.25, -0.2) is 0 Å². The Balaban J connectivity index is 1.94. The molecule has 0 bridgehead atoms. The minimum Gasteiger partial charge on any atom is -0.395 e. The topological polar surface area (TPSA) is 52.6 Å². The summed E-state index contributed by atoms with van der Waals surface area (Å²) in [5.74, 6) is -0.107. The highest BCUT2D eigenvalue weighted by molar-refractivity contribution is 9.10. The number of nitrogens with one attached hydrogen (secondary N) is 1. The number of anilines is 1. The highest BCUT2D eigenvalue weighted by Crippen LogP contribution is 2.25. The molecule has 0 saturated carbocycles. The number of benzene rings is 1. The SMILES string of the molecule is O=C(CN1CCC[C@@H]1CO)Nc1ccc(Br)cc1Cl. The fourth-order valence-electron chi connectivity index (χ4n) is 2.28. The Morgan fingerprint density at radius 1 is 1.58 bits per heavy atom. The maximum Gasteiger partial charge on any atom is 0.238 e. The van der Waals surface area contributed by atoms with Gasteiger partial charge in [-0.2, -0.15) is 0 Å². The molecule has 1 amide bonds. The van der Waals surface area contributed by atoms with Crippen molar-refractivity contribution in [3.05, 3.63) is 27.7 Å². The molecule has 0 spiro atoms. The van der Waals surface area contributed by atoms with Crippen molar-refractivity contribution in [1.82, 2.24) is 4.90 Å². The molecule has 0 aromatic heterocycles. The van der Waals surface area contributed by atoms with Crippen molar-refractivity contribution in [3.63, 3.8) is 0 Å². The van der Waals surface area contributed by atoms with Crippen LogP contribution in [0, 0.1) is 0 Å². The summed E-state index contributed by atoms with van der Waals surface area (Å²) >= 11 is 9.37. The number of likely N-dealkylation sites (tertiary alicyclic amines) is 1. The normalized spacial score (nSPS) is 19.6. The van der Waals surface area contributed by atoms with Gasteiger partial charge in [0, 0.05) is 10.5 Å². The molecule has 6 heteroatoms. The second-order valence-electron chi connectivity index (χ2n) is 4.62. The van der Waals surface area contributed by atoms with Crippen LogP contribution in [-0.4, -0.2) is 41.7 Å². The van der Waals surface area contributed by atoms with Crippen LogP contribution in [0.25, 0.3) is 0 Å². The Morgan fingerprint density at radius 2 is 2.37 bits per heavy atom. The first-order chi connectivity index (χ1) is 9.10. The summed E-state index contributed by atoms with van der Waals surface area (Å²) < 4.78 is 0.871. The molecule has 0 unspecified atom stereocenters. The zero-order valence-electron chi connectivity index (χ0n) is 10.4. The van der Waals surface area contributed by atoms with Gasteiger partial charge in [-0.3, -0.25) is 9.69 Å². The molecule has 104 valence electrons. The van der Waals surface area contributed by atoms with Crippen LogP contribution in [-0.2, 0) is 4.79 Å². The summed E-state index contributed by atoms with van der Waals surface area (Å²) in [4.78, 5) is 14.0. The van der Waals surface area contributed by atoms with Crippen LogP contribution in [0.1, 0.15) is 12.8 Å². The maximum absolute atomic E-state index is 12.0. The van der Waals surface area contributed by atoms with Gasteiger partial charge in [0.25, 0.3) is 0 Å². The van der Waals surface area contributed by atoms with E-state index in [1.54, 1.807) is 12.1 Å². The van der Waals surface area contributed by atoms with Crippen molar-refractivity contribution >= 4 is 39.1 Å². The fraction of sp³-hybridized carbons (Fsp3) is 0.462. The zero-order valence-corrected chi connectivity index (χ0v) is 12.7. The van der Waals surface area contributed by atoms with Crippen molar-refractivity contribution in [2.24, 2.45) is 0 Å². The minimum atomic E-state index is -0.107. The number of carbonyl (C=O) groups is 1. The monoisotopic (exact) mass is 346 g/mol. The molecular weight excluding hydrogens is 332 g/mol. The number of carbonyl (C=O) groups excluding carboxylic acids is 1. The number of rotatable bonds is 4. The van der Waals surface area contributed by atoms with E-state index in [-0.39, 0.29) is 25.1 Å². The largest absolute Gasteiger partial charge is 0.395 e. The van der Waals surface area contributed by atoms with E-state index in [0.29, 0.717) is 10.7 Å². The molecule has 1 aliphatic heterocycles. The fourth-order valence-corrected chi connectivity index (χ4v) is 3.00. The van der Waals surface area contributed by atoms with E-state index < -0.39 is 0 Å². The van der Waals surface area contributed by atoms with E-state index in [2.05, 4.69) is 21.2 Å². The average molecular weight is 348 g/mol. The molecule has 1 aromatic rings. The van der Waals surface area contributed by atoms with Crippen molar-refractivity contribution in [1.29, 1.82) is 0 Å². The molecule has 1 fully saturated rings. The van der Waals surface area contributed by atoms with Gasteiger partial charge in [-0.15, -0.1) is 0 Å². The van der Waals surface area contributed by atoms with E-state index in [1.807, 2.05) is 11.0 Å². The summed E-state index contributed by atoms with van der Waals surface area (Å²) in [5.41, 5.74) is 0.606. The Kier molecular flexibility index (Phi) is 5.21. The summed E-state index contributed by atoms with van der Waals surface area (Å²) in [7, 11) is 0. The predicted molar refractivity (Wildman–Crippen MR) is 79.5 cm³/mol. The number of amides is 1. The Morgan fingerprint density at radius 3 is 3.05 bits per heavy atom. The number of aliphatic hydroxyl groups is 1. The predicted octanol–water partition coefficient (Wildman–Crippen LogP) is 2.50. The van der Waals surface area contributed by atoms with Gasteiger partial charge in [-0.05, 0) is 37.6 Å². The van der Waals surface area contributed by atoms with Crippen molar-refractivity contribution in [2.45, 2.75) is 18.9 Å². The van der Waals surface area contributed by atoms with Gasteiger partial charge >= 0.3 is 0 Å². The summed E-state index contributed by atoms with van der Waals surface area (Å²) in [6.45, 7) is 1.25.